The summed E-state index contributed by atoms with van der Waals surface area (Å²) in [6, 6.07) is 3.79. The van der Waals surface area contributed by atoms with Crippen molar-refractivity contribution in [2.45, 2.75) is 12.7 Å². The Kier molecular flexibility index (Phi) is 3.51. The standard InChI is InChI=1S/C11H9F3IN3/c12-11(13,14)10-3-9(16)2-1-7(10)5-18-6-8(15)4-17-18/h1-4,6H,5,16H2. The number of anilines is 1. The average molecular weight is 367 g/mol. The molecule has 3 nitrogen and oxygen atoms in total. The van der Waals surface area contributed by atoms with Gasteiger partial charge in [-0.15, -0.1) is 0 Å². The summed E-state index contributed by atoms with van der Waals surface area (Å²) >= 11 is 2.05. The first-order chi connectivity index (χ1) is 8.36. The number of hydrogen-bond acceptors (Lipinski definition) is 2. The summed E-state index contributed by atoms with van der Waals surface area (Å²) in [5, 5.41) is 3.97. The van der Waals surface area contributed by atoms with Crippen molar-refractivity contribution in [3.8, 4) is 0 Å². The second kappa shape index (κ2) is 4.79. The van der Waals surface area contributed by atoms with E-state index in [4.69, 9.17) is 5.73 Å². The zero-order valence-corrected chi connectivity index (χ0v) is 11.2. The maximum absolute atomic E-state index is 12.8. The smallest absolute Gasteiger partial charge is 0.399 e. The SMILES string of the molecule is Nc1ccc(Cn2cc(I)cn2)c(C(F)(F)F)c1. The Bertz CT molecular complexity index is 563. The van der Waals surface area contributed by atoms with Gasteiger partial charge in [-0.25, -0.2) is 0 Å². The van der Waals surface area contributed by atoms with Crippen molar-refractivity contribution < 1.29 is 13.2 Å². The first kappa shape index (κ1) is 13.2. The van der Waals surface area contributed by atoms with Crippen LogP contribution in [0.25, 0.3) is 0 Å². The number of nitrogens with zero attached hydrogens (tertiary/aromatic N) is 2. The third-order valence-electron chi connectivity index (χ3n) is 2.37. The fourth-order valence-electron chi connectivity index (χ4n) is 1.60. The topological polar surface area (TPSA) is 43.8 Å². The van der Waals surface area contributed by atoms with Crippen molar-refractivity contribution in [3.05, 3.63) is 45.3 Å². The van der Waals surface area contributed by atoms with Crippen LogP contribution in [0.4, 0.5) is 18.9 Å². The Morgan fingerprint density at radius 3 is 2.61 bits per heavy atom. The summed E-state index contributed by atoms with van der Waals surface area (Å²) in [5.41, 5.74) is 4.93. The maximum Gasteiger partial charge on any atom is 0.416 e. The first-order valence-corrected chi connectivity index (χ1v) is 6.07. The molecule has 0 atom stereocenters. The molecule has 0 fully saturated rings. The van der Waals surface area contributed by atoms with E-state index in [9.17, 15) is 13.2 Å². The minimum Gasteiger partial charge on any atom is -0.399 e. The molecular weight excluding hydrogens is 358 g/mol. The van der Waals surface area contributed by atoms with Gasteiger partial charge in [0.2, 0.25) is 0 Å². The summed E-state index contributed by atoms with van der Waals surface area (Å²) in [6.07, 6.45) is -1.15. The average Bonchev–Trinajstić information content (AvgIpc) is 2.65. The van der Waals surface area contributed by atoms with Crippen LogP contribution in [0.15, 0.2) is 30.6 Å². The van der Waals surface area contributed by atoms with Gasteiger partial charge >= 0.3 is 6.18 Å². The molecule has 2 rings (SSSR count). The lowest BCUT2D eigenvalue weighted by Crippen LogP contribution is -2.12. The zero-order chi connectivity index (χ0) is 13.3. The van der Waals surface area contributed by atoms with Gasteiger partial charge in [0.15, 0.2) is 0 Å². The highest BCUT2D eigenvalue weighted by molar-refractivity contribution is 14.1. The summed E-state index contributed by atoms with van der Waals surface area (Å²) in [4.78, 5) is 0. The third kappa shape index (κ3) is 2.95. The van der Waals surface area contributed by atoms with Crippen LogP contribution in [0, 0.1) is 3.57 Å². The molecule has 96 valence electrons. The third-order valence-corrected chi connectivity index (χ3v) is 2.93. The van der Waals surface area contributed by atoms with E-state index in [2.05, 4.69) is 5.10 Å². The van der Waals surface area contributed by atoms with E-state index in [1.807, 2.05) is 22.6 Å². The molecule has 7 heteroatoms. The van der Waals surface area contributed by atoms with Crippen LogP contribution in [0.1, 0.15) is 11.1 Å². The van der Waals surface area contributed by atoms with Gasteiger partial charge in [0.05, 0.1) is 21.9 Å². The number of halogens is 4. The van der Waals surface area contributed by atoms with Gasteiger partial charge in [-0.2, -0.15) is 18.3 Å². The lowest BCUT2D eigenvalue weighted by molar-refractivity contribution is -0.138. The Balaban J connectivity index is 2.38. The molecule has 0 unspecified atom stereocenters. The van der Waals surface area contributed by atoms with E-state index in [0.717, 1.165) is 9.64 Å². The number of aromatic nitrogens is 2. The van der Waals surface area contributed by atoms with E-state index in [0.29, 0.717) is 0 Å². The molecule has 0 spiro atoms. The monoisotopic (exact) mass is 367 g/mol. The molecule has 1 aromatic heterocycles. The molecule has 2 aromatic rings. The highest BCUT2D eigenvalue weighted by Crippen LogP contribution is 2.33. The van der Waals surface area contributed by atoms with Crippen molar-refractivity contribution in [3.63, 3.8) is 0 Å². The first-order valence-electron chi connectivity index (χ1n) is 5.00. The zero-order valence-electron chi connectivity index (χ0n) is 9.08. The van der Waals surface area contributed by atoms with Crippen LogP contribution in [-0.2, 0) is 12.7 Å². The fraction of sp³-hybridized carbons (Fsp3) is 0.182. The Morgan fingerprint density at radius 2 is 2.06 bits per heavy atom. The lowest BCUT2D eigenvalue weighted by Gasteiger charge is -2.13. The van der Waals surface area contributed by atoms with Gasteiger partial charge < -0.3 is 5.73 Å². The highest BCUT2D eigenvalue weighted by Gasteiger charge is 2.33. The van der Waals surface area contributed by atoms with Crippen molar-refractivity contribution in [1.29, 1.82) is 0 Å². The molecule has 0 radical (unpaired) electrons. The number of benzene rings is 1. The Labute approximate surface area is 115 Å². The minimum atomic E-state index is -4.41. The fourth-order valence-corrected chi connectivity index (χ4v) is 2.04. The highest BCUT2D eigenvalue weighted by atomic mass is 127. The number of rotatable bonds is 2. The molecule has 1 aromatic carbocycles. The van der Waals surface area contributed by atoms with Crippen LogP contribution in [0.3, 0.4) is 0 Å². The van der Waals surface area contributed by atoms with Crippen LogP contribution >= 0.6 is 22.6 Å². The lowest BCUT2D eigenvalue weighted by atomic mass is 10.1. The predicted octanol–water partition coefficient (Wildman–Crippen LogP) is 3.14. The summed E-state index contributed by atoms with van der Waals surface area (Å²) in [7, 11) is 0. The maximum atomic E-state index is 12.8. The largest absolute Gasteiger partial charge is 0.416 e. The molecule has 0 amide bonds. The molecule has 0 saturated carbocycles. The predicted molar refractivity (Wildman–Crippen MR) is 69.9 cm³/mol. The van der Waals surface area contributed by atoms with Crippen LogP contribution in [-0.4, -0.2) is 9.78 Å². The number of nitrogen functional groups attached to an aromatic ring is 1. The molecule has 0 aliphatic carbocycles. The van der Waals surface area contributed by atoms with Gasteiger partial charge in [-0.1, -0.05) is 6.07 Å². The van der Waals surface area contributed by atoms with E-state index in [-0.39, 0.29) is 17.8 Å². The molecule has 2 N–H and O–H groups in total. The Hall–Kier alpha value is -1.25. The summed E-state index contributed by atoms with van der Waals surface area (Å²) in [5.74, 6) is 0. The summed E-state index contributed by atoms with van der Waals surface area (Å²) < 4.78 is 40.9. The molecule has 0 bridgehead atoms. The van der Waals surface area contributed by atoms with E-state index < -0.39 is 11.7 Å². The van der Waals surface area contributed by atoms with Gasteiger partial charge in [-0.3, -0.25) is 4.68 Å². The van der Waals surface area contributed by atoms with Crippen LogP contribution < -0.4 is 5.73 Å². The Morgan fingerprint density at radius 1 is 1.33 bits per heavy atom. The molecule has 18 heavy (non-hydrogen) atoms. The van der Waals surface area contributed by atoms with E-state index in [1.54, 1.807) is 12.4 Å². The minimum absolute atomic E-state index is 0.0676. The molecule has 1 heterocycles. The van der Waals surface area contributed by atoms with Crippen molar-refractivity contribution in [1.82, 2.24) is 9.78 Å². The van der Waals surface area contributed by atoms with E-state index in [1.165, 1.54) is 16.8 Å². The van der Waals surface area contributed by atoms with Crippen LogP contribution in [0.5, 0.6) is 0 Å². The van der Waals surface area contributed by atoms with Gasteiger partial charge in [-0.05, 0) is 40.3 Å². The van der Waals surface area contributed by atoms with E-state index >= 15 is 0 Å². The normalized spacial score (nSPS) is 11.8. The van der Waals surface area contributed by atoms with Gasteiger partial charge in [0.1, 0.15) is 0 Å². The van der Waals surface area contributed by atoms with Gasteiger partial charge in [0.25, 0.3) is 0 Å². The second-order valence-electron chi connectivity index (χ2n) is 3.77. The molecule has 0 saturated heterocycles. The van der Waals surface area contributed by atoms with Crippen molar-refractivity contribution in [2.24, 2.45) is 0 Å². The van der Waals surface area contributed by atoms with Gasteiger partial charge in [0, 0.05) is 11.9 Å². The summed E-state index contributed by atoms with van der Waals surface area (Å²) in [6.45, 7) is 0.0676. The number of nitrogens with two attached hydrogens (primary N) is 1. The number of alkyl halides is 3. The molecule has 0 aliphatic heterocycles. The second-order valence-corrected chi connectivity index (χ2v) is 5.02. The molecule has 0 aliphatic rings. The number of hydrogen-bond donors (Lipinski definition) is 1. The van der Waals surface area contributed by atoms with Crippen molar-refractivity contribution >= 4 is 28.3 Å². The quantitative estimate of drug-likeness (QED) is 0.655. The molecular formula is C11H9F3IN3. The van der Waals surface area contributed by atoms with Crippen LogP contribution in [0.2, 0.25) is 0 Å². The van der Waals surface area contributed by atoms with Crippen molar-refractivity contribution in [2.75, 3.05) is 5.73 Å².